The first-order valence-electron chi connectivity index (χ1n) is 6.15. The second-order valence-corrected chi connectivity index (χ2v) is 5.41. The summed E-state index contributed by atoms with van der Waals surface area (Å²) in [5, 5.41) is 4.89. The summed E-state index contributed by atoms with van der Waals surface area (Å²) in [5.41, 5.74) is 5.63. The fraction of sp³-hybridized carbons (Fsp3) is 0.214. The summed E-state index contributed by atoms with van der Waals surface area (Å²) in [6.07, 6.45) is 0.188. The molecule has 112 valence electrons. The van der Waals surface area contributed by atoms with E-state index in [9.17, 15) is 14.4 Å². The number of nitrogens with two attached hydrogens (primary N) is 1. The first-order valence-corrected chi connectivity index (χ1v) is 6.94. The second-order valence-electron chi connectivity index (χ2n) is 4.29. The molecule has 0 bridgehead atoms. The van der Waals surface area contributed by atoms with Crippen molar-refractivity contribution in [3.05, 3.63) is 47.0 Å². The van der Waals surface area contributed by atoms with Gasteiger partial charge in [-0.3, -0.25) is 14.4 Å². The zero-order chi connectivity index (χ0) is 15.8. The standard InChI is InChI=1S/C14H16BrN3O3/c1-9(15)7-11(13(16)20)18-12(19)8-17-14(21)10-5-3-2-4-6-10/h2-6,11H,1,7-8H2,(H2,16,20)(H,17,21)(H,18,19)/t11-/m0/s1. The Hall–Kier alpha value is -2.15. The van der Waals surface area contributed by atoms with E-state index >= 15 is 0 Å². The average molecular weight is 354 g/mol. The first-order chi connectivity index (χ1) is 9.90. The van der Waals surface area contributed by atoms with E-state index in [4.69, 9.17) is 5.73 Å². The molecule has 4 N–H and O–H groups in total. The van der Waals surface area contributed by atoms with Crippen molar-refractivity contribution >= 4 is 33.7 Å². The molecule has 21 heavy (non-hydrogen) atoms. The molecule has 0 aliphatic carbocycles. The van der Waals surface area contributed by atoms with Crippen LogP contribution in [0, 0.1) is 0 Å². The molecule has 0 heterocycles. The number of amides is 3. The minimum Gasteiger partial charge on any atom is -0.368 e. The molecule has 1 aromatic carbocycles. The van der Waals surface area contributed by atoms with Gasteiger partial charge in [0, 0.05) is 12.0 Å². The summed E-state index contributed by atoms with van der Waals surface area (Å²) >= 11 is 3.10. The van der Waals surface area contributed by atoms with Crippen LogP contribution in [0.1, 0.15) is 16.8 Å². The van der Waals surface area contributed by atoms with Gasteiger partial charge in [0.05, 0.1) is 6.54 Å². The molecular formula is C14H16BrN3O3. The molecule has 0 spiro atoms. The molecule has 0 unspecified atom stereocenters. The number of hydrogen-bond donors (Lipinski definition) is 3. The van der Waals surface area contributed by atoms with Crippen molar-refractivity contribution < 1.29 is 14.4 Å². The Labute approximate surface area is 130 Å². The van der Waals surface area contributed by atoms with Crippen molar-refractivity contribution in [2.24, 2.45) is 5.73 Å². The van der Waals surface area contributed by atoms with Crippen molar-refractivity contribution in [3.63, 3.8) is 0 Å². The highest BCUT2D eigenvalue weighted by atomic mass is 79.9. The van der Waals surface area contributed by atoms with Crippen LogP contribution in [-0.2, 0) is 9.59 Å². The van der Waals surface area contributed by atoms with Gasteiger partial charge in [0.1, 0.15) is 6.04 Å². The molecule has 1 rings (SSSR count). The number of carbonyl (C=O) groups excluding carboxylic acids is 3. The van der Waals surface area contributed by atoms with Crippen LogP contribution < -0.4 is 16.4 Å². The predicted molar refractivity (Wildman–Crippen MR) is 82.6 cm³/mol. The molecule has 1 atom stereocenters. The maximum Gasteiger partial charge on any atom is 0.251 e. The average Bonchev–Trinajstić information content (AvgIpc) is 2.44. The fourth-order valence-corrected chi connectivity index (χ4v) is 1.87. The highest BCUT2D eigenvalue weighted by molar-refractivity contribution is 9.11. The van der Waals surface area contributed by atoms with Gasteiger partial charge in [0.15, 0.2) is 0 Å². The zero-order valence-electron chi connectivity index (χ0n) is 11.3. The van der Waals surface area contributed by atoms with E-state index < -0.39 is 17.9 Å². The third kappa shape index (κ3) is 6.22. The molecule has 6 nitrogen and oxygen atoms in total. The number of halogens is 1. The Bertz CT molecular complexity index is 546. The van der Waals surface area contributed by atoms with Crippen molar-refractivity contribution in [2.75, 3.05) is 6.54 Å². The largest absolute Gasteiger partial charge is 0.368 e. The summed E-state index contributed by atoms with van der Waals surface area (Å²) in [5.74, 6) is -1.54. The third-order valence-corrected chi connectivity index (χ3v) is 2.87. The van der Waals surface area contributed by atoms with Gasteiger partial charge in [-0.25, -0.2) is 0 Å². The number of primary amides is 1. The quantitative estimate of drug-likeness (QED) is 0.671. The lowest BCUT2D eigenvalue weighted by molar-refractivity contribution is -0.126. The summed E-state index contributed by atoms with van der Waals surface area (Å²) in [6, 6.07) is 7.63. The zero-order valence-corrected chi connectivity index (χ0v) is 12.9. The molecule has 1 aromatic rings. The molecule has 3 amide bonds. The van der Waals surface area contributed by atoms with Crippen LogP contribution in [0.25, 0.3) is 0 Å². The van der Waals surface area contributed by atoms with E-state index in [1.807, 2.05) is 0 Å². The molecule has 0 aromatic heterocycles. The van der Waals surface area contributed by atoms with E-state index in [1.54, 1.807) is 30.3 Å². The highest BCUT2D eigenvalue weighted by Crippen LogP contribution is 2.09. The maximum absolute atomic E-state index is 11.7. The minimum atomic E-state index is -0.863. The fourth-order valence-electron chi connectivity index (χ4n) is 1.54. The summed E-state index contributed by atoms with van der Waals surface area (Å²) in [7, 11) is 0. The van der Waals surface area contributed by atoms with E-state index in [1.165, 1.54) is 0 Å². The molecule has 0 saturated carbocycles. The Morgan fingerprint density at radius 2 is 1.86 bits per heavy atom. The number of nitrogens with one attached hydrogen (secondary N) is 2. The van der Waals surface area contributed by atoms with Crippen LogP contribution >= 0.6 is 15.9 Å². The van der Waals surface area contributed by atoms with Crippen LogP contribution in [0.2, 0.25) is 0 Å². The monoisotopic (exact) mass is 353 g/mol. The normalized spacial score (nSPS) is 11.3. The van der Waals surface area contributed by atoms with Gasteiger partial charge in [0.25, 0.3) is 5.91 Å². The predicted octanol–water partition coefficient (Wildman–Crippen LogP) is 0.685. The maximum atomic E-state index is 11.7. The number of rotatable bonds is 7. The molecular weight excluding hydrogens is 338 g/mol. The Morgan fingerprint density at radius 1 is 1.24 bits per heavy atom. The molecule has 0 radical (unpaired) electrons. The van der Waals surface area contributed by atoms with Gasteiger partial charge in [0.2, 0.25) is 11.8 Å². The highest BCUT2D eigenvalue weighted by Gasteiger charge is 2.18. The molecule has 0 saturated heterocycles. The van der Waals surface area contributed by atoms with Crippen molar-refractivity contribution in [1.29, 1.82) is 0 Å². The summed E-state index contributed by atoms with van der Waals surface area (Å²) < 4.78 is 0.542. The van der Waals surface area contributed by atoms with Crippen LogP contribution in [0.3, 0.4) is 0 Å². The topological polar surface area (TPSA) is 101 Å². The Balaban J connectivity index is 2.48. The van der Waals surface area contributed by atoms with Gasteiger partial charge < -0.3 is 16.4 Å². The number of hydrogen-bond acceptors (Lipinski definition) is 3. The van der Waals surface area contributed by atoms with Gasteiger partial charge in [-0.15, -0.1) is 0 Å². The lowest BCUT2D eigenvalue weighted by Crippen LogP contribution is -2.47. The van der Waals surface area contributed by atoms with Gasteiger partial charge in [-0.1, -0.05) is 40.7 Å². The van der Waals surface area contributed by atoms with Crippen molar-refractivity contribution in [3.8, 4) is 0 Å². The SMILES string of the molecule is C=C(Br)C[C@H](NC(=O)CNC(=O)c1ccccc1)C(N)=O. The van der Waals surface area contributed by atoms with Gasteiger partial charge >= 0.3 is 0 Å². The molecule has 0 aliphatic rings. The summed E-state index contributed by atoms with van der Waals surface area (Å²) in [6.45, 7) is 3.34. The van der Waals surface area contributed by atoms with Gasteiger partial charge in [-0.05, 0) is 16.6 Å². The molecule has 0 aliphatic heterocycles. The third-order valence-electron chi connectivity index (χ3n) is 2.55. The van der Waals surface area contributed by atoms with Gasteiger partial charge in [-0.2, -0.15) is 0 Å². The Morgan fingerprint density at radius 3 is 2.38 bits per heavy atom. The van der Waals surface area contributed by atoms with Crippen LogP contribution in [0.4, 0.5) is 0 Å². The first kappa shape index (κ1) is 16.9. The van der Waals surface area contributed by atoms with Crippen LogP contribution in [0.15, 0.2) is 41.4 Å². The van der Waals surface area contributed by atoms with Crippen LogP contribution in [-0.4, -0.2) is 30.3 Å². The number of carbonyl (C=O) groups is 3. The lowest BCUT2D eigenvalue weighted by Gasteiger charge is -2.15. The second kappa shape index (κ2) is 8.21. The van der Waals surface area contributed by atoms with Crippen molar-refractivity contribution in [2.45, 2.75) is 12.5 Å². The van der Waals surface area contributed by atoms with E-state index in [0.29, 0.717) is 10.0 Å². The smallest absolute Gasteiger partial charge is 0.251 e. The minimum absolute atomic E-state index is 0.188. The van der Waals surface area contributed by atoms with Crippen molar-refractivity contribution in [1.82, 2.24) is 10.6 Å². The Kier molecular flexibility index (Phi) is 6.61. The number of benzene rings is 1. The molecule has 7 heteroatoms. The van der Waals surface area contributed by atoms with Crippen LogP contribution in [0.5, 0.6) is 0 Å². The van der Waals surface area contributed by atoms with E-state index in [0.717, 1.165) is 0 Å². The molecule has 0 fully saturated rings. The van der Waals surface area contributed by atoms with E-state index in [2.05, 4.69) is 33.1 Å². The lowest BCUT2D eigenvalue weighted by atomic mass is 10.2. The van der Waals surface area contributed by atoms with E-state index in [-0.39, 0.29) is 18.9 Å². The summed E-state index contributed by atoms with van der Waals surface area (Å²) in [4.78, 5) is 34.6.